The summed E-state index contributed by atoms with van der Waals surface area (Å²) in [7, 11) is 0. The zero-order valence-corrected chi connectivity index (χ0v) is 17.2. The molecule has 2 bridgehead atoms. The first-order valence-corrected chi connectivity index (χ1v) is 11.1. The smallest absolute Gasteiger partial charge is 0.228 e. The summed E-state index contributed by atoms with van der Waals surface area (Å²) >= 11 is 7.68. The summed E-state index contributed by atoms with van der Waals surface area (Å²) in [5, 5.41) is 6.07. The number of hydrogen-bond donors (Lipinski definition) is 1. The number of nitrogens with zero attached hydrogens (tertiary/aromatic N) is 2. The number of thiazole rings is 1. The largest absolute Gasteiger partial charge is 0.355 e. The number of hydrogen-bond acceptors (Lipinski definition) is 4. The number of benzene rings is 1. The zero-order chi connectivity index (χ0) is 18.9. The highest BCUT2D eigenvalue weighted by Crippen LogP contribution is 2.51. The molecule has 27 heavy (non-hydrogen) atoms. The Morgan fingerprint density at radius 3 is 3.04 bits per heavy atom. The van der Waals surface area contributed by atoms with Crippen LogP contribution in [0.5, 0.6) is 0 Å². The van der Waals surface area contributed by atoms with Crippen LogP contribution in [0, 0.1) is 5.41 Å². The molecule has 4 rings (SSSR count). The molecule has 4 nitrogen and oxygen atoms in total. The first-order chi connectivity index (χ1) is 13.1. The molecule has 2 aromatic rings. The predicted molar refractivity (Wildman–Crippen MR) is 110 cm³/mol. The van der Waals surface area contributed by atoms with Crippen LogP contribution in [0.4, 0.5) is 0 Å². The minimum Gasteiger partial charge on any atom is -0.355 e. The van der Waals surface area contributed by atoms with Crippen molar-refractivity contribution >= 4 is 28.8 Å². The molecule has 3 heterocycles. The quantitative estimate of drug-likeness (QED) is 0.761. The second-order valence-electron chi connectivity index (χ2n) is 7.73. The Bertz CT molecular complexity index is 796. The zero-order valence-electron chi connectivity index (χ0n) is 15.7. The van der Waals surface area contributed by atoms with E-state index in [9.17, 15) is 4.79 Å². The fourth-order valence-corrected chi connectivity index (χ4v) is 5.91. The van der Waals surface area contributed by atoms with E-state index in [1.807, 2.05) is 23.7 Å². The van der Waals surface area contributed by atoms with E-state index in [2.05, 4.69) is 33.6 Å². The normalized spacial score (nSPS) is 27.2. The SMILES string of the molecule is CCN1[C@@H]2CC[C@H]1[C@@](Cc1cscn1)(C(=O)NCCc1cccc(Cl)c1)C2. The molecule has 2 fully saturated rings. The van der Waals surface area contributed by atoms with Gasteiger partial charge in [-0.1, -0.05) is 30.7 Å². The van der Waals surface area contributed by atoms with Crippen molar-refractivity contribution in [3.8, 4) is 0 Å². The summed E-state index contributed by atoms with van der Waals surface area (Å²) in [5.41, 5.74) is 3.72. The van der Waals surface area contributed by atoms with Crippen LogP contribution < -0.4 is 5.32 Å². The molecule has 6 heteroatoms. The Balaban J connectivity index is 1.48. The standard InChI is InChI=1S/C21H26ClN3OS/c1-2-25-18-6-7-19(25)21(12-18,11-17-13-27-14-24-17)20(26)23-9-8-15-4-3-5-16(22)10-15/h3-5,10,13-14,18-19H,2,6-9,11-12H2,1H3,(H,23,26)/t18-,19+,21+/m1/s1. The molecule has 0 radical (unpaired) electrons. The van der Waals surface area contributed by atoms with Crippen molar-refractivity contribution in [3.63, 3.8) is 0 Å². The van der Waals surface area contributed by atoms with E-state index in [1.165, 1.54) is 6.42 Å². The van der Waals surface area contributed by atoms with Crippen molar-refractivity contribution in [1.29, 1.82) is 0 Å². The predicted octanol–water partition coefficient (Wildman–Crippen LogP) is 3.94. The van der Waals surface area contributed by atoms with Gasteiger partial charge < -0.3 is 5.32 Å². The Kier molecular flexibility index (Phi) is 5.53. The molecule has 2 saturated heterocycles. The second-order valence-corrected chi connectivity index (χ2v) is 8.89. The van der Waals surface area contributed by atoms with Gasteiger partial charge >= 0.3 is 0 Å². The van der Waals surface area contributed by atoms with E-state index < -0.39 is 0 Å². The van der Waals surface area contributed by atoms with Crippen LogP contribution >= 0.6 is 22.9 Å². The van der Waals surface area contributed by atoms with E-state index in [4.69, 9.17) is 11.6 Å². The Morgan fingerprint density at radius 2 is 2.33 bits per heavy atom. The number of halogens is 1. The molecule has 3 atom stereocenters. The van der Waals surface area contributed by atoms with E-state index in [1.54, 1.807) is 11.3 Å². The van der Waals surface area contributed by atoms with Crippen molar-refractivity contribution in [2.75, 3.05) is 13.1 Å². The lowest BCUT2D eigenvalue weighted by molar-refractivity contribution is -0.132. The molecular weight excluding hydrogens is 378 g/mol. The van der Waals surface area contributed by atoms with Gasteiger partial charge in [-0.15, -0.1) is 11.3 Å². The van der Waals surface area contributed by atoms with Crippen molar-refractivity contribution in [2.45, 2.75) is 51.1 Å². The highest BCUT2D eigenvalue weighted by atomic mass is 35.5. The van der Waals surface area contributed by atoms with E-state index >= 15 is 0 Å². The van der Waals surface area contributed by atoms with Gasteiger partial charge in [0.25, 0.3) is 0 Å². The number of carbonyl (C=O) groups excluding carboxylic acids is 1. The molecule has 1 N–H and O–H groups in total. The van der Waals surface area contributed by atoms with Gasteiger partial charge in [0.05, 0.1) is 16.6 Å². The minimum absolute atomic E-state index is 0.197. The number of carbonyl (C=O) groups is 1. The van der Waals surface area contributed by atoms with Crippen LogP contribution in [0.25, 0.3) is 0 Å². The van der Waals surface area contributed by atoms with Gasteiger partial charge in [-0.3, -0.25) is 9.69 Å². The average molecular weight is 404 g/mol. The molecule has 144 valence electrons. The van der Waals surface area contributed by atoms with Crippen molar-refractivity contribution < 1.29 is 4.79 Å². The molecule has 2 aliphatic rings. The van der Waals surface area contributed by atoms with Gasteiger partial charge in [-0.25, -0.2) is 4.98 Å². The highest BCUT2D eigenvalue weighted by molar-refractivity contribution is 7.07. The molecular formula is C21H26ClN3OS. The average Bonchev–Trinajstić information content (AvgIpc) is 3.37. The summed E-state index contributed by atoms with van der Waals surface area (Å²) in [4.78, 5) is 20.4. The van der Waals surface area contributed by atoms with E-state index in [-0.39, 0.29) is 11.3 Å². The molecule has 1 aromatic heterocycles. The number of rotatable bonds is 7. The Morgan fingerprint density at radius 1 is 1.44 bits per heavy atom. The van der Waals surface area contributed by atoms with E-state index in [0.29, 0.717) is 18.6 Å². The highest BCUT2D eigenvalue weighted by Gasteiger charge is 2.59. The molecule has 0 spiro atoms. The summed E-state index contributed by atoms with van der Waals surface area (Å²) in [6.07, 6.45) is 4.82. The molecule has 0 unspecified atom stereocenters. The molecule has 0 aliphatic carbocycles. The van der Waals surface area contributed by atoms with Gasteiger partial charge in [-0.2, -0.15) is 0 Å². The molecule has 1 amide bonds. The van der Waals surface area contributed by atoms with Crippen LogP contribution in [-0.4, -0.2) is 41.0 Å². The number of nitrogens with one attached hydrogen (secondary N) is 1. The number of aromatic nitrogens is 1. The van der Waals surface area contributed by atoms with Crippen LogP contribution in [0.15, 0.2) is 35.2 Å². The maximum Gasteiger partial charge on any atom is 0.228 e. The third kappa shape index (κ3) is 3.65. The lowest BCUT2D eigenvalue weighted by Crippen LogP contribution is -2.51. The maximum absolute atomic E-state index is 13.4. The monoisotopic (exact) mass is 403 g/mol. The van der Waals surface area contributed by atoms with Crippen LogP contribution in [0.2, 0.25) is 5.02 Å². The summed E-state index contributed by atoms with van der Waals surface area (Å²) < 4.78 is 0. The lowest BCUT2D eigenvalue weighted by atomic mass is 9.70. The first-order valence-electron chi connectivity index (χ1n) is 9.78. The fraction of sp³-hybridized carbons (Fsp3) is 0.524. The van der Waals surface area contributed by atoms with Gasteiger partial charge in [-0.05, 0) is 49.9 Å². The maximum atomic E-state index is 13.4. The molecule has 2 aliphatic heterocycles. The van der Waals surface area contributed by atoms with Gasteiger partial charge in [0, 0.05) is 35.5 Å². The van der Waals surface area contributed by atoms with Gasteiger partial charge in [0.15, 0.2) is 0 Å². The molecule has 1 aromatic carbocycles. The second kappa shape index (κ2) is 7.90. The summed E-state index contributed by atoms with van der Waals surface area (Å²) in [5.74, 6) is 0.197. The topological polar surface area (TPSA) is 45.2 Å². The third-order valence-electron chi connectivity index (χ3n) is 6.27. The first kappa shape index (κ1) is 18.9. The van der Waals surface area contributed by atoms with Crippen LogP contribution in [0.1, 0.15) is 37.4 Å². The molecule has 0 saturated carbocycles. The van der Waals surface area contributed by atoms with Crippen LogP contribution in [0.3, 0.4) is 0 Å². The summed E-state index contributed by atoms with van der Waals surface area (Å²) in [6, 6.07) is 8.73. The number of amides is 1. The third-order valence-corrected chi connectivity index (χ3v) is 7.14. The number of fused-ring (bicyclic) bond motifs is 2. The van der Waals surface area contributed by atoms with Crippen molar-refractivity contribution in [3.05, 3.63) is 51.4 Å². The Labute approximate surface area is 169 Å². The Hall–Kier alpha value is -1.43. The minimum atomic E-state index is -0.346. The van der Waals surface area contributed by atoms with Gasteiger partial charge in [0.2, 0.25) is 5.91 Å². The van der Waals surface area contributed by atoms with Crippen molar-refractivity contribution in [1.82, 2.24) is 15.2 Å². The lowest BCUT2D eigenvalue weighted by Gasteiger charge is -2.36. The fourth-order valence-electron chi connectivity index (χ4n) is 5.14. The van der Waals surface area contributed by atoms with Crippen LogP contribution in [-0.2, 0) is 17.6 Å². The van der Waals surface area contributed by atoms with E-state index in [0.717, 1.165) is 48.5 Å². The van der Waals surface area contributed by atoms with Gasteiger partial charge in [0.1, 0.15) is 0 Å². The van der Waals surface area contributed by atoms with Crippen molar-refractivity contribution in [2.24, 2.45) is 5.41 Å². The summed E-state index contributed by atoms with van der Waals surface area (Å²) in [6.45, 7) is 3.87.